The van der Waals surface area contributed by atoms with Crippen molar-refractivity contribution < 1.29 is 14.1 Å². The van der Waals surface area contributed by atoms with E-state index in [0.29, 0.717) is 22.0 Å². The molecule has 0 radical (unpaired) electrons. The molecular weight excluding hydrogens is 344 g/mol. The molecule has 1 aromatic carbocycles. The summed E-state index contributed by atoms with van der Waals surface area (Å²) in [6, 6.07) is 6.64. The predicted molar refractivity (Wildman–Crippen MR) is 94.9 cm³/mol. The molecule has 1 saturated heterocycles. The summed E-state index contributed by atoms with van der Waals surface area (Å²) in [5.41, 5.74) is 1.72. The fraction of sp³-hybridized carbons (Fsp3) is 0.353. The summed E-state index contributed by atoms with van der Waals surface area (Å²) < 4.78 is 4.94. The third-order valence-electron chi connectivity index (χ3n) is 3.94. The number of nitrogens with one attached hydrogen (secondary N) is 2. The number of aryl methyl sites for hydroxylation is 1. The van der Waals surface area contributed by atoms with Crippen molar-refractivity contribution in [3.8, 4) is 0 Å². The van der Waals surface area contributed by atoms with Gasteiger partial charge in [-0.25, -0.2) is 0 Å². The molecule has 7 nitrogen and oxygen atoms in total. The van der Waals surface area contributed by atoms with Crippen molar-refractivity contribution in [2.45, 2.75) is 19.8 Å². The summed E-state index contributed by atoms with van der Waals surface area (Å²) in [7, 11) is 0. The second-order valence-electron chi connectivity index (χ2n) is 5.92. The highest BCUT2D eigenvalue weighted by atomic mass is 35.5. The number of hydrogen-bond donors (Lipinski definition) is 2. The van der Waals surface area contributed by atoms with Crippen LogP contribution in [0.3, 0.4) is 0 Å². The van der Waals surface area contributed by atoms with Crippen molar-refractivity contribution in [1.82, 2.24) is 10.1 Å². The maximum Gasteiger partial charge on any atom is 0.256 e. The molecule has 0 atom stereocenters. The first-order valence-electron chi connectivity index (χ1n) is 8.09. The van der Waals surface area contributed by atoms with Gasteiger partial charge in [0, 0.05) is 29.9 Å². The van der Waals surface area contributed by atoms with Gasteiger partial charge in [0.2, 0.25) is 11.8 Å². The Balaban J connectivity index is 1.67. The Hall–Kier alpha value is -2.54. The number of carbonyl (C=O) groups excluding carboxylic acids is 2. The van der Waals surface area contributed by atoms with Crippen LogP contribution in [0.5, 0.6) is 0 Å². The predicted octanol–water partition coefficient (Wildman–Crippen LogP) is 2.92. The Morgan fingerprint density at radius 3 is 2.72 bits per heavy atom. The quantitative estimate of drug-likeness (QED) is 0.853. The summed E-state index contributed by atoms with van der Waals surface area (Å²) in [5, 5.41) is 9.77. The average Bonchev–Trinajstić information content (AvgIpc) is 3.25. The van der Waals surface area contributed by atoms with Gasteiger partial charge in [-0.15, -0.1) is 0 Å². The Bertz CT molecular complexity index is 784. The average molecular weight is 363 g/mol. The molecule has 2 amide bonds. The van der Waals surface area contributed by atoms with E-state index in [1.165, 1.54) is 0 Å². The molecule has 2 heterocycles. The van der Waals surface area contributed by atoms with E-state index in [4.69, 9.17) is 16.1 Å². The molecule has 132 valence electrons. The minimum absolute atomic E-state index is 0.0122. The van der Waals surface area contributed by atoms with Gasteiger partial charge in [-0.2, -0.15) is 0 Å². The van der Waals surface area contributed by atoms with E-state index < -0.39 is 0 Å². The monoisotopic (exact) mass is 362 g/mol. The van der Waals surface area contributed by atoms with E-state index in [-0.39, 0.29) is 24.2 Å². The number of nitrogens with zero attached hydrogens (tertiary/aromatic N) is 2. The molecule has 3 rings (SSSR count). The summed E-state index contributed by atoms with van der Waals surface area (Å²) in [6.45, 7) is 3.25. The molecule has 1 aliphatic rings. The highest BCUT2D eigenvalue weighted by Crippen LogP contribution is 2.24. The molecular formula is C17H19ClN4O3. The minimum Gasteiger partial charge on any atom is -0.375 e. The van der Waals surface area contributed by atoms with Crippen LogP contribution in [0.4, 0.5) is 11.6 Å². The number of amides is 2. The molecule has 25 heavy (non-hydrogen) atoms. The van der Waals surface area contributed by atoms with Gasteiger partial charge in [0.1, 0.15) is 0 Å². The van der Waals surface area contributed by atoms with Crippen molar-refractivity contribution in [3.63, 3.8) is 0 Å². The van der Waals surface area contributed by atoms with Crippen LogP contribution in [0.2, 0.25) is 5.02 Å². The first-order valence-corrected chi connectivity index (χ1v) is 8.46. The van der Waals surface area contributed by atoms with E-state index in [0.717, 1.165) is 25.9 Å². The number of anilines is 2. The van der Waals surface area contributed by atoms with Gasteiger partial charge in [0.15, 0.2) is 0 Å². The van der Waals surface area contributed by atoms with Crippen LogP contribution in [0.15, 0.2) is 28.8 Å². The minimum atomic E-state index is -0.300. The maximum atomic E-state index is 12.7. The second kappa shape index (κ2) is 7.57. The molecule has 0 unspecified atom stereocenters. The van der Waals surface area contributed by atoms with Crippen LogP contribution in [-0.2, 0) is 4.79 Å². The molecule has 2 aromatic rings. The molecule has 8 heteroatoms. The van der Waals surface area contributed by atoms with E-state index in [2.05, 4.69) is 15.8 Å². The Labute approximate surface area is 150 Å². The van der Waals surface area contributed by atoms with Crippen LogP contribution >= 0.6 is 11.6 Å². The SMILES string of the molecule is Cc1cc(NC(=O)CNc2ccc(Cl)cc2C(=O)N2CCCC2)on1. The first-order chi connectivity index (χ1) is 12.0. The number of aromatic nitrogens is 1. The van der Waals surface area contributed by atoms with Gasteiger partial charge in [-0.3, -0.25) is 14.9 Å². The number of hydrogen-bond acceptors (Lipinski definition) is 5. The fourth-order valence-corrected chi connectivity index (χ4v) is 2.89. The Kier molecular flexibility index (Phi) is 5.23. The lowest BCUT2D eigenvalue weighted by molar-refractivity contribution is -0.114. The number of halogens is 1. The Morgan fingerprint density at radius 2 is 2.04 bits per heavy atom. The molecule has 2 N–H and O–H groups in total. The standard InChI is InChI=1S/C17H19ClN4O3/c1-11-8-16(25-21-11)20-15(23)10-19-14-5-4-12(18)9-13(14)17(24)22-6-2-3-7-22/h4-5,8-9,19H,2-3,6-7,10H2,1H3,(H,20,23). The smallest absolute Gasteiger partial charge is 0.256 e. The zero-order valence-corrected chi connectivity index (χ0v) is 14.6. The van der Waals surface area contributed by atoms with Gasteiger partial charge in [-0.05, 0) is 38.0 Å². The van der Waals surface area contributed by atoms with Crippen LogP contribution in [-0.4, -0.2) is 41.5 Å². The molecule has 0 aliphatic carbocycles. The second-order valence-corrected chi connectivity index (χ2v) is 6.36. The highest BCUT2D eigenvalue weighted by molar-refractivity contribution is 6.31. The Morgan fingerprint density at radius 1 is 1.28 bits per heavy atom. The molecule has 1 aliphatic heterocycles. The molecule has 1 fully saturated rings. The highest BCUT2D eigenvalue weighted by Gasteiger charge is 2.22. The number of rotatable bonds is 5. The lowest BCUT2D eigenvalue weighted by Gasteiger charge is -2.18. The topological polar surface area (TPSA) is 87.5 Å². The normalized spacial score (nSPS) is 13.8. The molecule has 0 bridgehead atoms. The van der Waals surface area contributed by atoms with E-state index in [9.17, 15) is 9.59 Å². The van der Waals surface area contributed by atoms with E-state index >= 15 is 0 Å². The van der Waals surface area contributed by atoms with Gasteiger partial charge in [-0.1, -0.05) is 16.8 Å². The summed E-state index contributed by atoms with van der Waals surface area (Å²) in [6.07, 6.45) is 2.02. The lowest BCUT2D eigenvalue weighted by atomic mass is 10.1. The van der Waals surface area contributed by atoms with Crippen LogP contribution < -0.4 is 10.6 Å². The van der Waals surface area contributed by atoms with E-state index in [1.807, 2.05) is 0 Å². The lowest BCUT2D eigenvalue weighted by Crippen LogP contribution is -2.29. The van der Waals surface area contributed by atoms with Crippen LogP contribution in [0.25, 0.3) is 0 Å². The van der Waals surface area contributed by atoms with Gasteiger partial charge >= 0.3 is 0 Å². The summed E-state index contributed by atoms with van der Waals surface area (Å²) >= 11 is 6.04. The molecule has 0 saturated carbocycles. The van der Waals surface area contributed by atoms with Gasteiger partial charge < -0.3 is 14.7 Å². The summed E-state index contributed by atoms with van der Waals surface area (Å²) in [4.78, 5) is 26.5. The zero-order chi connectivity index (χ0) is 17.8. The van der Waals surface area contributed by atoms with Crippen molar-refractivity contribution in [1.29, 1.82) is 0 Å². The third-order valence-corrected chi connectivity index (χ3v) is 4.17. The van der Waals surface area contributed by atoms with Crippen molar-refractivity contribution >= 4 is 35.0 Å². The molecule has 1 aromatic heterocycles. The largest absolute Gasteiger partial charge is 0.375 e. The molecule has 0 spiro atoms. The van der Waals surface area contributed by atoms with Crippen molar-refractivity contribution in [2.75, 3.05) is 30.3 Å². The number of carbonyl (C=O) groups is 2. The van der Waals surface area contributed by atoms with Crippen molar-refractivity contribution in [3.05, 3.63) is 40.5 Å². The third kappa shape index (κ3) is 4.30. The van der Waals surface area contributed by atoms with Crippen molar-refractivity contribution in [2.24, 2.45) is 0 Å². The van der Waals surface area contributed by atoms with E-state index in [1.54, 1.807) is 36.1 Å². The fourth-order valence-electron chi connectivity index (χ4n) is 2.72. The number of likely N-dealkylation sites (tertiary alicyclic amines) is 1. The van der Waals surface area contributed by atoms with Gasteiger partial charge in [0.25, 0.3) is 5.91 Å². The van der Waals surface area contributed by atoms with Gasteiger partial charge in [0.05, 0.1) is 17.8 Å². The van der Waals surface area contributed by atoms with Crippen LogP contribution in [0, 0.1) is 6.92 Å². The summed E-state index contributed by atoms with van der Waals surface area (Å²) in [5.74, 6) is -0.0896. The first kappa shape index (κ1) is 17.3. The van der Waals surface area contributed by atoms with Crippen LogP contribution in [0.1, 0.15) is 28.9 Å². The zero-order valence-electron chi connectivity index (χ0n) is 13.8. The maximum absolute atomic E-state index is 12.7. The number of benzene rings is 1.